The summed E-state index contributed by atoms with van der Waals surface area (Å²) in [6.07, 6.45) is 0.498. The Hall–Kier alpha value is -3.23. The topological polar surface area (TPSA) is 133 Å². The summed E-state index contributed by atoms with van der Waals surface area (Å²) in [4.78, 5) is 36.7. The molecule has 0 aliphatic rings. The molecule has 2 amide bonds. The molecular formula is C25H37N3O6. The Morgan fingerprint density at radius 1 is 1.18 bits per heavy atom. The van der Waals surface area contributed by atoms with Crippen LogP contribution in [0.2, 0.25) is 0 Å². The molecule has 0 aliphatic carbocycles. The van der Waals surface area contributed by atoms with E-state index in [0.717, 1.165) is 12.8 Å². The lowest BCUT2D eigenvalue weighted by Crippen LogP contribution is -2.40. The number of carboxylic acid groups (broad SMARTS) is 1. The predicted octanol–water partition coefficient (Wildman–Crippen LogP) is 4.06. The van der Waals surface area contributed by atoms with Crippen molar-refractivity contribution in [1.82, 2.24) is 9.88 Å². The van der Waals surface area contributed by atoms with E-state index in [1.807, 2.05) is 41.5 Å². The molecule has 0 aliphatic heterocycles. The van der Waals surface area contributed by atoms with Crippen LogP contribution in [-0.4, -0.2) is 34.9 Å². The first-order valence-corrected chi connectivity index (χ1v) is 11.6. The number of aromatic nitrogens is 1. The van der Waals surface area contributed by atoms with Crippen LogP contribution in [0, 0.1) is 11.3 Å². The number of hydrogen-bond acceptors (Lipinski definition) is 5. The van der Waals surface area contributed by atoms with Crippen molar-refractivity contribution in [2.45, 2.75) is 67.0 Å². The normalized spacial score (nSPS) is 12.6. The van der Waals surface area contributed by atoms with Crippen LogP contribution in [0.4, 0.5) is 4.79 Å². The fourth-order valence-corrected chi connectivity index (χ4v) is 3.78. The third-order valence-electron chi connectivity index (χ3n) is 5.32. The Kier molecular flexibility index (Phi) is 8.95. The SMILES string of the molecule is CCCCOc1c(C(NC(=O)O)C(C)(C)C)n(CC(C)C)c(=O)c2ccc(OCC(N)=O)cc12. The number of fused-ring (bicyclic) bond motifs is 1. The lowest BCUT2D eigenvalue weighted by molar-refractivity contribution is -0.119. The van der Waals surface area contributed by atoms with Crippen molar-refractivity contribution in [2.24, 2.45) is 17.1 Å². The Balaban J connectivity index is 2.94. The molecule has 34 heavy (non-hydrogen) atoms. The van der Waals surface area contributed by atoms with Gasteiger partial charge < -0.3 is 30.2 Å². The van der Waals surface area contributed by atoms with E-state index in [1.54, 1.807) is 22.8 Å². The molecule has 0 radical (unpaired) electrons. The first kappa shape index (κ1) is 27.0. The molecule has 0 saturated carbocycles. The van der Waals surface area contributed by atoms with Crippen LogP contribution in [0.25, 0.3) is 10.8 Å². The largest absolute Gasteiger partial charge is 0.491 e. The van der Waals surface area contributed by atoms with Gasteiger partial charge in [-0.3, -0.25) is 9.59 Å². The van der Waals surface area contributed by atoms with E-state index >= 15 is 0 Å². The maximum absolute atomic E-state index is 13.7. The van der Waals surface area contributed by atoms with Gasteiger partial charge in [-0.2, -0.15) is 0 Å². The number of ether oxygens (including phenoxy) is 2. The predicted molar refractivity (Wildman–Crippen MR) is 131 cm³/mol. The minimum absolute atomic E-state index is 0.126. The van der Waals surface area contributed by atoms with Gasteiger partial charge >= 0.3 is 6.09 Å². The van der Waals surface area contributed by atoms with E-state index in [-0.39, 0.29) is 18.1 Å². The number of amides is 2. The molecule has 188 valence electrons. The molecule has 4 N–H and O–H groups in total. The zero-order valence-corrected chi connectivity index (χ0v) is 20.9. The third kappa shape index (κ3) is 6.65. The standard InChI is InChI=1S/C25H37N3O6/c1-7-8-11-33-21-18-12-16(34-14-19(26)29)9-10-17(18)23(30)28(13-15(2)3)20(21)22(25(4,5)6)27-24(31)32/h9-10,12,15,22,27H,7-8,11,13-14H2,1-6H3,(H2,26,29)(H,31,32). The summed E-state index contributed by atoms with van der Waals surface area (Å²) in [5, 5.41) is 13.2. The fourth-order valence-electron chi connectivity index (χ4n) is 3.78. The lowest BCUT2D eigenvalue weighted by Gasteiger charge is -2.34. The number of nitrogens with two attached hydrogens (primary N) is 1. The molecule has 0 fully saturated rings. The van der Waals surface area contributed by atoms with Crippen molar-refractivity contribution in [2.75, 3.05) is 13.2 Å². The van der Waals surface area contributed by atoms with E-state index in [2.05, 4.69) is 5.32 Å². The number of benzene rings is 1. The quantitative estimate of drug-likeness (QED) is 0.420. The molecule has 1 unspecified atom stereocenters. The summed E-state index contributed by atoms with van der Waals surface area (Å²) in [6.45, 7) is 12.2. The van der Waals surface area contributed by atoms with Gasteiger partial charge in [-0.1, -0.05) is 48.0 Å². The van der Waals surface area contributed by atoms with Crippen LogP contribution < -0.4 is 26.1 Å². The molecule has 0 saturated heterocycles. The number of primary amides is 1. The Bertz CT molecular complexity index is 1080. The third-order valence-corrected chi connectivity index (χ3v) is 5.32. The first-order valence-electron chi connectivity index (χ1n) is 11.6. The Morgan fingerprint density at radius 3 is 2.38 bits per heavy atom. The molecule has 1 atom stereocenters. The maximum Gasteiger partial charge on any atom is 0.405 e. The van der Waals surface area contributed by atoms with Gasteiger partial charge in [0.1, 0.15) is 11.5 Å². The molecule has 1 aromatic heterocycles. The van der Waals surface area contributed by atoms with Crippen molar-refractivity contribution in [1.29, 1.82) is 0 Å². The van der Waals surface area contributed by atoms with Crippen molar-refractivity contribution in [3.63, 3.8) is 0 Å². The number of pyridine rings is 1. The minimum Gasteiger partial charge on any atom is -0.491 e. The van der Waals surface area contributed by atoms with Crippen LogP contribution >= 0.6 is 0 Å². The molecule has 0 spiro atoms. The molecule has 1 heterocycles. The van der Waals surface area contributed by atoms with Crippen LogP contribution in [0.15, 0.2) is 23.0 Å². The van der Waals surface area contributed by atoms with Crippen molar-refractivity contribution in [3.8, 4) is 11.5 Å². The summed E-state index contributed by atoms with van der Waals surface area (Å²) in [5.41, 5.74) is 4.87. The number of rotatable bonds is 11. The van der Waals surface area contributed by atoms with Crippen molar-refractivity contribution >= 4 is 22.8 Å². The second-order valence-electron chi connectivity index (χ2n) is 9.94. The average Bonchev–Trinajstić information content (AvgIpc) is 2.72. The van der Waals surface area contributed by atoms with Crippen molar-refractivity contribution in [3.05, 3.63) is 34.2 Å². The second kappa shape index (κ2) is 11.3. The zero-order chi connectivity index (χ0) is 25.6. The van der Waals surface area contributed by atoms with E-state index in [0.29, 0.717) is 41.1 Å². The summed E-state index contributed by atoms with van der Waals surface area (Å²) in [5.74, 6) is 0.297. The number of nitrogens with one attached hydrogen (secondary N) is 1. The monoisotopic (exact) mass is 475 g/mol. The molecular weight excluding hydrogens is 438 g/mol. The van der Waals surface area contributed by atoms with Crippen molar-refractivity contribution < 1.29 is 24.2 Å². The average molecular weight is 476 g/mol. The molecule has 2 aromatic rings. The first-order chi connectivity index (χ1) is 15.9. The summed E-state index contributed by atoms with van der Waals surface area (Å²) < 4.78 is 13.4. The van der Waals surface area contributed by atoms with Crippen LogP contribution in [0.3, 0.4) is 0 Å². The number of carbonyl (C=O) groups is 2. The highest BCUT2D eigenvalue weighted by Crippen LogP contribution is 2.41. The molecule has 0 bridgehead atoms. The van der Waals surface area contributed by atoms with Gasteiger partial charge in [-0.15, -0.1) is 0 Å². The number of nitrogens with zero attached hydrogens (tertiary/aromatic N) is 1. The summed E-state index contributed by atoms with van der Waals surface area (Å²) in [7, 11) is 0. The van der Waals surface area contributed by atoms with E-state index in [4.69, 9.17) is 15.2 Å². The van der Waals surface area contributed by atoms with Gasteiger partial charge in [0, 0.05) is 11.9 Å². The minimum atomic E-state index is -1.19. The van der Waals surface area contributed by atoms with Crippen LogP contribution in [0.1, 0.15) is 66.1 Å². The van der Waals surface area contributed by atoms with Gasteiger partial charge in [0.05, 0.1) is 23.7 Å². The van der Waals surface area contributed by atoms with Gasteiger partial charge in [0.25, 0.3) is 11.5 Å². The van der Waals surface area contributed by atoms with Crippen LogP contribution in [-0.2, 0) is 11.3 Å². The van der Waals surface area contributed by atoms with E-state index < -0.39 is 23.5 Å². The molecule has 2 rings (SSSR count). The van der Waals surface area contributed by atoms with Gasteiger partial charge in [-0.25, -0.2) is 4.79 Å². The molecule has 1 aromatic carbocycles. The maximum atomic E-state index is 13.7. The lowest BCUT2D eigenvalue weighted by atomic mass is 9.83. The highest BCUT2D eigenvalue weighted by molar-refractivity contribution is 5.90. The Morgan fingerprint density at radius 2 is 1.85 bits per heavy atom. The van der Waals surface area contributed by atoms with E-state index in [9.17, 15) is 19.5 Å². The van der Waals surface area contributed by atoms with Gasteiger partial charge in [0.15, 0.2) is 6.61 Å². The van der Waals surface area contributed by atoms with Gasteiger partial charge in [-0.05, 0) is 36.0 Å². The molecule has 9 heteroatoms. The fraction of sp³-hybridized carbons (Fsp3) is 0.560. The number of unbranched alkanes of at least 4 members (excludes halogenated alkanes) is 1. The summed E-state index contributed by atoms with van der Waals surface area (Å²) in [6, 6.07) is 4.16. The van der Waals surface area contributed by atoms with Crippen LogP contribution in [0.5, 0.6) is 11.5 Å². The second-order valence-corrected chi connectivity index (χ2v) is 9.94. The summed E-state index contributed by atoms with van der Waals surface area (Å²) >= 11 is 0. The Labute approximate surface area is 200 Å². The van der Waals surface area contributed by atoms with Gasteiger partial charge in [0.2, 0.25) is 0 Å². The number of hydrogen-bond donors (Lipinski definition) is 3. The molecule has 9 nitrogen and oxygen atoms in total. The van der Waals surface area contributed by atoms with E-state index in [1.165, 1.54) is 0 Å². The smallest absolute Gasteiger partial charge is 0.405 e. The zero-order valence-electron chi connectivity index (χ0n) is 20.9. The number of carbonyl (C=O) groups excluding carboxylic acids is 1. The highest BCUT2D eigenvalue weighted by atomic mass is 16.5. The highest BCUT2D eigenvalue weighted by Gasteiger charge is 2.35.